The Labute approximate surface area is 155 Å². The second kappa shape index (κ2) is 6.61. The van der Waals surface area contributed by atoms with Crippen molar-refractivity contribution in [1.29, 1.82) is 0 Å². The summed E-state index contributed by atoms with van der Waals surface area (Å²) in [5.41, 5.74) is -0.346. The molecule has 2 aromatic rings. The lowest BCUT2D eigenvalue weighted by Gasteiger charge is -2.47. The first-order chi connectivity index (χ1) is 13.1. The van der Waals surface area contributed by atoms with E-state index in [-0.39, 0.29) is 6.04 Å². The molecule has 8 nitrogen and oxygen atoms in total. The number of para-hydroxylation sites is 1. The molecule has 0 saturated heterocycles. The molecule has 3 aliphatic heterocycles. The van der Waals surface area contributed by atoms with Crippen LogP contribution in [0.5, 0.6) is 0 Å². The zero-order valence-corrected chi connectivity index (χ0v) is 15.3. The molecule has 8 heteroatoms. The van der Waals surface area contributed by atoms with E-state index in [0.29, 0.717) is 5.69 Å². The van der Waals surface area contributed by atoms with E-state index in [9.17, 15) is 14.4 Å². The zero-order valence-electron chi connectivity index (χ0n) is 15.3. The fourth-order valence-corrected chi connectivity index (χ4v) is 4.09. The molecular formula is C19H22N4O4. The summed E-state index contributed by atoms with van der Waals surface area (Å²) >= 11 is 0. The monoisotopic (exact) mass is 370 g/mol. The third-order valence-corrected chi connectivity index (χ3v) is 5.31. The van der Waals surface area contributed by atoms with Gasteiger partial charge < -0.3 is 4.74 Å². The van der Waals surface area contributed by atoms with E-state index in [2.05, 4.69) is 6.92 Å². The van der Waals surface area contributed by atoms with Crippen LogP contribution in [0.3, 0.4) is 0 Å². The average Bonchev–Trinajstić information content (AvgIpc) is 2.98. The van der Waals surface area contributed by atoms with Crippen LogP contribution in [0.25, 0.3) is 5.69 Å². The van der Waals surface area contributed by atoms with Crippen LogP contribution in [0, 0.1) is 0 Å². The van der Waals surface area contributed by atoms with Crippen LogP contribution < -0.4 is 11.4 Å². The van der Waals surface area contributed by atoms with Gasteiger partial charge in [-0.3, -0.25) is 4.90 Å². The van der Waals surface area contributed by atoms with Crippen LogP contribution >= 0.6 is 0 Å². The molecule has 5 rings (SSSR count). The highest BCUT2D eigenvalue weighted by molar-refractivity contribution is 5.69. The van der Waals surface area contributed by atoms with Crippen molar-refractivity contribution in [3.63, 3.8) is 0 Å². The van der Waals surface area contributed by atoms with Gasteiger partial charge in [0.05, 0.1) is 24.9 Å². The molecule has 0 radical (unpaired) electrons. The van der Waals surface area contributed by atoms with E-state index in [1.807, 2.05) is 12.1 Å². The second-order valence-electron chi connectivity index (χ2n) is 6.80. The molecular weight excluding hydrogens is 348 g/mol. The first-order valence-corrected chi connectivity index (χ1v) is 9.16. The number of hydrogen-bond donors (Lipinski definition) is 0. The highest BCUT2D eigenvalue weighted by Crippen LogP contribution is 2.38. The summed E-state index contributed by atoms with van der Waals surface area (Å²) in [6.45, 7) is 2.08. The Kier molecular flexibility index (Phi) is 4.25. The second-order valence-corrected chi connectivity index (χ2v) is 6.80. The smallest absolute Gasteiger partial charge is 0.411 e. The van der Waals surface area contributed by atoms with E-state index in [1.54, 1.807) is 35.2 Å². The summed E-state index contributed by atoms with van der Waals surface area (Å²) in [6, 6.07) is 8.20. The highest BCUT2D eigenvalue weighted by Gasteiger charge is 2.47. The fraction of sp³-hybridized carbons (Fsp3) is 0.421. The minimum atomic E-state index is -0.672. The van der Waals surface area contributed by atoms with E-state index in [1.165, 1.54) is 16.5 Å². The maximum absolute atomic E-state index is 13.1. The van der Waals surface area contributed by atoms with Gasteiger partial charge in [0.25, 0.3) is 0 Å². The largest absolute Gasteiger partial charge is 0.453 e. The molecule has 142 valence electrons. The number of rotatable bonds is 4. The Hall–Kier alpha value is -3.03. The predicted molar refractivity (Wildman–Crippen MR) is 99.1 cm³/mol. The van der Waals surface area contributed by atoms with Gasteiger partial charge in [0.15, 0.2) is 6.17 Å². The molecule has 0 fully saturated rings. The van der Waals surface area contributed by atoms with Gasteiger partial charge in [0, 0.05) is 0 Å². The Morgan fingerprint density at radius 3 is 2.44 bits per heavy atom. The molecule has 2 bridgehead atoms. The van der Waals surface area contributed by atoms with Gasteiger partial charge in [0.1, 0.15) is 0 Å². The standard InChI is InChI=1S/C19H22N4O4/c1-3-4-10-14-15-11-12-16(21(14)19(26)27-2)23-18(25)20(17(24)22(15)23)13-8-6-5-7-9-13/h5-9,11-12,14-16H,3-4,10H2,1-2H3/t14-,15+,16+/m0/s1. The first-order valence-electron chi connectivity index (χ1n) is 9.16. The van der Waals surface area contributed by atoms with Crippen LogP contribution in [-0.2, 0) is 4.74 Å². The van der Waals surface area contributed by atoms with Gasteiger partial charge in [-0.05, 0) is 24.6 Å². The summed E-state index contributed by atoms with van der Waals surface area (Å²) in [5, 5.41) is 0. The van der Waals surface area contributed by atoms with E-state index >= 15 is 0 Å². The third-order valence-electron chi connectivity index (χ3n) is 5.31. The number of carbonyl (C=O) groups excluding carboxylic acids is 1. The Morgan fingerprint density at radius 1 is 1.07 bits per heavy atom. The molecule has 1 aromatic carbocycles. The number of hydrogen-bond acceptors (Lipinski definition) is 4. The fourth-order valence-electron chi connectivity index (χ4n) is 4.09. The Morgan fingerprint density at radius 2 is 1.78 bits per heavy atom. The van der Waals surface area contributed by atoms with E-state index in [0.717, 1.165) is 23.8 Å². The number of nitrogens with zero attached hydrogens (tertiary/aromatic N) is 4. The number of amides is 1. The van der Waals surface area contributed by atoms with Crippen molar-refractivity contribution in [3.05, 3.63) is 63.5 Å². The number of methoxy groups -OCH3 is 1. The number of fused-ring (bicyclic) bond motifs is 1. The van der Waals surface area contributed by atoms with Crippen molar-refractivity contribution in [2.24, 2.45) is 0 Å². The molecule has 1 amide bonds. The minimum absolute atomic E-state index is 0.226. The SMILES string of the molecule is CCCC[C@H]1[C@H]2C=C[C@H](N1C(=O)OC)n1c(=O)n(-c3ccccc3)c(=O)n12. The van der Waals surface area contributed by atoms with Crippen LogP contribution in [0.1, 0.15) is 38.4 Å². The van der Waals surface area contributed by atoms with Crippen molar-refractivity contribution in [3.8, 4) is 5.69 Å². The molecule has 3 atom stereocenters. The van der Waals surface area contributed by atoms with E-state index < -0.39 is 29.7 Å². The lowest BCUT2D eigenvalue weighted by Crippen LogP contribution is -2.59. The maximum atomic E-state index is 13.1. The molecule has 0 aliphatic carbocycles. The predicted octanol–water partition coefficient (Wildman–Crippen LogP) is 2.05. The summed E-state index contributed by atoms with van der Waals surface area (Å²) in [4.78, 5) is 40.3. The summed E-state index contributed by atoms with van der Waals surface area (Å²) in [5.74, 6) is 0. The molecule has 27 heavy (non-hydrogen) atoms. The van der Waals surface area contributed by atoms with Crippen LogP contribution in [0.15, 0.2) is 52.1 Å². The lowest BCUT2D eigenvalue weighted by molar-refractivity contribution is 0.00687. The third kappa shape index (κ3) is 2.47. The molecule has 1 aromatic heterocycles. The van der Waals surface area contributed by atoms with Crippen LogP contribution in [0.4, 0.5) is 4.79 Å². The Bertz CT molecular complexity index is 1000. The van der Waals surface area contributed by atoms with Gasteiger partial charge in [0.2, 0.25) is 0 Å². The summed E-state index contributed by atoms with van der Waals surface area (Å²) in [6.07, 6.45) is 5.16. The van der Waals surface area contributed by atoms with Gasteiger partial charge in [-0.25, -0.2) is 28.3 Å². The topological polar surface area (TPSA) is 78.5 Å². The van der Waals surface area contributed by atoms with Crippen molar-refractivity contribution in [1.82, 2.24) is 18.8 Å². The number of carbonyl (C=O) groups is 1. The highest BCUT2D eigenvalue weighted by atomic mass is 16.5. The van der Waals surface area contributed by atoms with Gasteiger partial charge in [-0.1, -0.05) is 44.0 Å². The van der Waals surface area contributed by atoms with E-state index in [4.69, 9.17) is 4.74 Å². The molecule has 0 N–H and O–H groups in total. The van der Waals surface area contributed by atoms with Crippen molar-refractivity contribution in [2.45, 2.75) is 44.4 Å². The van der Waals surface area contributed by atoms with Crippen LogP contribution in [0.2, 0.25) is 0 Å². The number of aromatic nitrogens is 3. The number of unbranched alkanes of at least 4 members (excludes halogenated alkanes) is 1. The van der Waals surface area contributed by atoms with Gasteiger partial charge >= 0.3 is 17.5 Å². The van der Waals surface area contributed by atoms with Gasteiger partial charge in [-0.2, -0.15) is 0 Å². The minimum Gasteiger partial charge on any atom is -0.453 e. The molecule has 0 unspecified atom stereocenters. The molecule has 0 saturated carbocycles. The van der Waals surface area contributed by atoms with Crippen LogP contribution in [-0.4, -0.2) is 38.1 Å². The zero-order chi connectivity index (χ0) is 19.1. The summed E-state index contributed by atoms with van der Waals surface area (Å²) in [7, 11) is 1.33. The number of ether oxygens (including phenoxy) is 1. The Balaban J connectivity index is 1.91. The number of benzene rings is 1. The first kappa shape index (κ1) is 17.4. The summed E-state index contributed by atoms with van der Waals surface area (Å²) < 4.78 is 8.98. The quantitative estimate of drug-likeness (QED) is 0.772. The van der Waals surface area contributed by atoms with Crippen molar-refractivity contribution in [2.75, 3.05) is 7.11 Å². The van der Waals surface area contributed by atoms with Gasteiger partial charge in [-0.15, -0.1) is 0 Å². The normalized spacial score (nSPS) is 22.7. The van der Waals surface area contributed by atoms with Crippen molar-refractivity contribution >= 4 is 6.09 Å². The molecule has 3 aliphatic rings. The molecule has 4 heterocycles. The maximum Gasteiger partial charge on any atom is 0.411 e. The lowest BCUT2D eigenvalue weighted by atomic mass is 9.94. The van der Waals surface area contributed by atoms with Crippen molar-refractivity contribution < 1.29 is 9.53 Å². The molecule has 0 spiro atoms. The average molecular weight is 370 g/mol.